The minimum Gasteiger partial charge on any atom is -0.466 e. The highest BCUT2D eigenvalue weighted by Crippen LogP contribution is 2.35. The lowest BCUT2D eigenvalue weighted by atomic mass is 9.96. The molecule has 0 spiro atoms. The second kappa shape index (κ2) is 6.73. The number of ketones is 1. The van der Waals surface area contributed by atoms with Crippen LogP contribution in [0.15, 0.2) is 24.3 Å². The predicted molar refractivity (Wildman–Crippen MR) is 88.7 cm³/mol. The van der Waals surface area contributed by atoms with Gasteiger partial charge in [-0.2, -0.15) is 0 Å². The zero-order valence-electron chi connectivity index (χ0n) is 14.0. The Bertz CT molecular complexity index is 665. The van der Waals surface area contributed by atoms with Crippen molar-refractivity contribution in [2.24, 2.45) is 5.92 Å². The fraction of sp³-hybridized carbons (Fsp3) is 0.500. The number of Topliss-reactive ketones (excluding diaryl/α,β-unsaturated/α-hetero) is 1. The number of nitrogens with zero attached hydrogens (tertiary/aromatic N) is 2. The summed E-state index contributed by atoms with van der Waals surface area (Å²) >= 11 is 0. The first kappa shape index (κ1) is 16.6. The fourth-order valence-electron chi connectivity index (χ4n) is 3.59. The summed E-state index contributed by atoms with van der Waals surface area (Å²) in [7, 11) is 0. The Balaban J connectivity index is 1.77. The Morgan fingerprint density at radius 2 is 1.88 bits per heavy atom. The molecule has 24 heavy (non-hydrogen) atoms. The summed E-state index contributed by atoms with van der Waals surface area (Å²) in [6.45, 7) is 4.85. The Morgan fingerprint density at radius 3 is 2.50 bits per heavy atom. The zero-order valence-corrected chi connectivity index (χ0v) is 14.0. The van der Waals surface area contributed by atoms with E-state index in [1.54, 1.807) is 24.0 Å². The van der Waals surface area contributed by atoms with Gasteiger partial charge in [0.05, 0.1) is 18.2 Å². The highest BCUT2D eigenvalue weighted by Gasteiger charge is 2.44. The number of hydrogen-bond acceptors (Lipinski definition) is 5. The van der Waals surface area contributed by atoms with Crippen LogP contribution in [0, 0.1) is 5.92 Å². The van der Waals surface area contributed by atoms with Crippen molar-refractivity contribution in [1.29, 1.82) is 0 Å². The minimum atomic E-state index is -0.594. The summed E-state index contributed by atoms with van der Waals surface area (Å²) in [4.78, 5) is 40.4. The lowest BCUT2D eigenvalue weighted by molar-refractivity contribution is -0.149. The van der Waals surface area contributed by atoms with Crippen LogP contribution in [0.1, 0.15) is 37.0 Å². The van der Waals surface area contributed by atoms with E-state index in [1.165, 1.54) is 6.92 Å². The minimum absolute atomic E-state index is 0.0459. The third-order valence-corrected chi connectivity index (χ3v) is 4.74. The molecule has 0 aliphatic carbocycles. The van der Waals surface area contributed by atoms with E-state index in [1.807, 2.05) is 17.0 Å². The number of esters is 1. The van der Waals surface area contributed by atoms with Crippen LogP contribution in [-0.4, -0.2) is 48.4 Å². The third kappa shape index (κ3) is 2.82. The molecule has 1 unspecified atom stereocenters. The molecule has 1 amide bonds. The van der Waals surface area contributed by atoms with E-state index in [2.05, 4.69) is 0 Å². The molecule has 2 heterocycles. The van der Waals surface area contributed by atoms with E-state index in [-0.39, 0.29) is 23.6 Å². The fourth-order valence-corrected chi connectivity index (χ4v) is 3.59. The number of hydrogen-bond donors (Lipinski definition) is 0. The van der Waals surface area contributed by atoms with Gasteiger partial charge in [-0.3, -0.25) is 24.2 Å². The lowest BCUT2D eigenvalue weighted by Crippen LogP contribution is -2.54. The van der Waals surface area contributed by atoms with Crippen LogP contribution in [-0.2, 0) is 14.3 Å². The number of rotatable bonds is 3. The number of ether oxygens (including phenoxy) is 1. The van der Waals surface area contributed by atoms with Crippen LogP contribution in [0.2, 0.25) is 0 Å². The molecule has 0 radical (unpaired) electrons. The zero-order chi connectivity index (χ0) is 17.3. The molecule has 2 aliphatic heterocycles. The van der Waals surface area contributed by atoms with Gasteiger partial charge in [0.1, 0.15) is 0 Å². The van der Waals surface area contributed by atoms with E-state index in [9.17, 15) is 14.4 Å². The molecular weight excluding hydrogens is 308 g/mol. The number of fused-ring (bicyclic) bond motifs is 1. The number of carbonyl (C=O) groups excluding carboxylic acids is 3. The second-order valence-electron chi connectivity index (χ2n) is 6.21. The van der Waals surface area contributed by atoms with Crippen molar-refractivity contribution in [2.75, 3.05) is 24.6 Å². The monoisotopic (exact) mass is 330 g/mol. The Morgan fingerprint density at radius 1 is 1.21 bits per heavy atom. The van der Waals surface area contributed by atoms with Crippen LogP contribution in [0.4, 0.5) is 5.69 Å². The van der Waals surface area contributed by atoms with E-state index >= 15 is 0 Å². The Kier molecular flexibility index (Phi) is 4.66. The maximum absolute atomic E-state index is 12.8. The van der Waals surface area contributed by atoms with Crippen molar-refractivity contribution in [3.05, 3.63) is 29.8 Å². The molecule has 1 aromatic carbocycles. The molecular formula is C18H22N2O4. The first-order valence-electron chi connectivity index (χ1n) is 8.38. The van der Waals surface area contributed by atoms with Crippen molar-refractivity contribution in [3.63, 3.8) is 0 Å². The van der Waals surface area contributed by atoms with Gasteiger partial charge in [0, 0.05) is 25.6 Å². The van der Waals surface area contributed by atoms with Crippen LogP contribution in [0.5, 0.6) is 0 Å². The molecule has 2 aliphatic rings. The summed E-state index contributed by atoms with van der Waals surface area (Å²) in [6.07, 6.45) is 0.693. The number of benzene rings is 1. The van der Waals surface area contributed by atoms with Gasteiger partial charge in [-0.1, -0.05) is 12.1 Å². The van der Waals surface area contributed by atoms with Gasteiger partial charge < -0.3 is 4.74 Å². The first-order valence-corrected chi connectivity index (χ1v) is 8.38. The van der Waals surface area contributed by atoms with Gasteiger partial charge in [0.15, 0.2) is 6.17 Å². The molecule has 6 nitrogen and oxygen atoms in total. The molecule has 0 aromatic heterocycles. The van der Waals surface area contributed by atoms with Crippen molar-refractivity contribution in [1.82, 2.24) is 4.90 Å². The van der Waals surface area contributed by atoms with Gasteiger partial charge in [0.2, 0.25) is 11.7 Å². The molecule has 0 N–H and O–H groups in total. The average Bonchev–Trinajstić information content (AvgIpc) is 2.89. The smallest absolute Gasteiger partial charge is 0.309 e. The summed E-state index contributed by atoms with van der Waals surface area (Å²) in [5.74, 6) is -0.478. The topological polar surface area (TPSA) is 66.9 Å². The van der Waals surface area contributed by atoms with Gasteiger partial charge >= 0.3 is 5.97 Å². The number of para-hydroxylation sites is 1. The highest BCUT2D eigenvalue weighted by molar-refractivity contribution is 6.17. The van der Waals surface area contributed by atoms with Gasteiger partial charge in [-0.25, -0.2) is 0 Å². The maximum atomic E-state index is 12.8. The number of piperidine rings is 1. The molecule has 6 heteroatoms. The lowest BCUT2D eigenvalue weighted by Gasteiger charge is -2.37. The van der Waals surface area contributed by atoms with Crippen molar-refractivity contribution in [2.45, 2.75) is 32.9 Å². The average molecular weight is 330 g/mol. The van der Waals surface area contributed by atoms with Gasteiger partial charge in [0.25, 0.3) is 0 Å². The molecule has 1 aromatic rings. The number of likely N-dealkylation sites (tertiary alicyclic amines) is 1. The van der Waals surface area contributed by atoms with Crippen LogP contribution in [0.3, 0.4) is 0 Å². The normalized spacial score (nSPS) is 21.7. The molecule has 3 rings (SSSR count). The van der Waals surface area contributed by atoms with E-state index in [0.29, 0.717) is 43.8 Å². The molecule has 128 valence electrons. The number of amides is 1. The first-order chi connectivity index (χ1) is 11.5. The SMILES string of the molecule is CCOC(=O)C1CCN(C2C(=O)c3ccccc3N2C(C)=O)CC1. The van der Waals surface area contributed by atoms with Crippen molar-refractivity contribution < 1.29 is 19.1 Å². The van der Waals surface area contributed by atoms with E-state index in [4.69, 9.17) is 4.74 Å². The third-order valence-electron chi connectivity index (χ3n) is 4.74. The van der Waals surface area contributed by atoms with E-state index in [0.717, 1.165) is 0 Å². The summed E-state index contributed by atoms with van der Waals surface area (Å²) in [5, 5.41) is 0. The Hall–Kier alpha value is -2.21. The number of carbonyl (C=O) groups is 3. The largest absolute Gasteiger partial charge is 0.466 e. The molecule has 0 bridgehead atoms. The summed E-state index contributed by atoms with van der Waals surface area (Å²) in [5.41, 5.74) is 1.26. The molecule has 1 fully saturated rings. The van der Waals surface area contributed by atoms with Crippen LogP contribution in [0.25, 0.3) is 0 Å². The molecule has 0 saturated carbocycles. The number of anilines is 1. The van der Waals surface area contributed by atoms with E-state index < -0.39 is 6.17 Å². The molecule has 1 saturated heterocycles. The predicted octanol–water partition coefficient (Wildman–Crippen LogP) is 1.84. The van der Waals surface area contributed by atoms with Crippen LogP contribution >= 0.6 is 0 Å². The maximum Gasteiger partial charge on any atom is 0.309 e. The summed E-state index contributed by atoms with van der Waals surface area (Å²) in [6, 6.07) is 7.21. The highest BCUT2D eigenvalue weighted by atomic mass is 16.5. The Labute approximate surface area is 141 Å². The summed E-state index contributed by atoms with van der Waals surface area (Å²) < 4.78 is 5.08. The van der Waals surface area contributed by atoms with Crippen molar-refractivity contribution in [3.8, 4) is 0 Å². The van der Waals surface area contributed by atoms with Gasteiger partial charge in [-0.15, -0.1) is 0 Å². The quantitative estimate of drug-likeness (QED) is 0.791. The van der Waals surface area contributed by atoms with Gasteiger partial charge in [-0.05, 0) is 31.9 Å². The van der Waals surface area contributed by atoms with Crippen molar-refractivity contribution >= 4 is 23.3 Å². The second-order valence-corrected chi connectivity index (χ2v) is 6.21. The van der Waals surface area contributed by atoms with Crippen LogP contribution < -0.4 is 4.90 Å². The molecule has 1 atom stereocenters. The standard InChI is InChI=1S/C18H22N2O4/c1-3-24-18(23)13-8-10-19(11-9-13)17-16(22)14-6-4-5-7-15(14)20(17)12(2)21/h4-7,13,17H,3,8-11H2,1-2H3.